The van der Waals surface area contributed by atoms with Crippen molar-refractivity contribution in [2.45, 2.75) is 45.6 Å². The van der Waals surface area contributed by atoms with Gasteiger partial charge < -0.3 is 14.8 Å². The molecule has 0 aromatic heterocycles. The summed E-state index contributed by atoms with van der Waals surface area (Å²) in [7, 11) is 1.72. The van der Waals surface area contributed by atoms with E-state index in [-0.39, 0.29) is 0 Å². The van der Waals surface area contributed by atoms with Gasteiger partial charge >= 0.3 is 0 Å². The van der Waals surface area contributed by atoms with E-state index in [1.165, 1.54) is 31.2 Å². The summed E-state index contributed by atoms with van der Waals surface area (Å²) in [5, 5.41) is 3.45. The molecular weight excluding hydrogens is 288 g/mol. The Kier molecular flexibility index (Phi) is 7.69. The van der Waals surface area contributed by atoms with Gasteiger partial charge in [0.25, 0.3) is 0 Å². The Balaban J connectivity index is 2.18. The van der Waals surface area contributed by atoms with Gasteiger partial charge in [0, 0.05) is 32.2 Å². The second-order valence-corrected chi connectivity index (χ2v) is 6.14. The Bertz CT molecular complexity index is 459. The minimum atomic E-state index is 0.480. The van der Waals surface area contributed by atoms with Gasteiger partial charge in [0.2, 0.25) is 0 Å². The number of rotatable bonds is 9. The third-order valence-electron chi connectivity index (χ3n) is 4.55. The number of unbranched alkanes of at least 4 members (excludes halogenated alkanes) is 2. The molecule has 0 spiro atoms. The highest BCUT2D eigenvalue weighted by atomic mass is 16.5. The van der Waals surface area contributed by atoms with E-state index >= 15 is 0 Å². The zero-order chi connectivity index (χ0) is 16.5. The summed E-state index contributed by atoms with van der Waals surface area (Å²) < 4.78 is 11.2. The van der Waals surface area contributed by atoms with Crippen LogP contribution in [0.3, 0.4) is 0 Å². The van der Waals surface area contributed by atoms with Crippen molar-refractivity contribution in [3.63, 3.8) is 0 Å². The summed E-state index contributed by atoms with van der Waals surface area (Å²) in [5.74, 6) is 1.69. The maximum absolute atomic E-state index is 5.66. The average Bonchev–Trinajstić information content (AvgIpc) is 2.60. The standard InChI is InChI=1S/C19H32N2O2/c1-4-6-7-8-17(21-13-11-20-12-14-21)16-9-10-18(23-5-2)19(15-16)22-3/h9-10,15,17,20H,4-8,11-14H2,1-3H3/t17-/m0/s1. The number of ether oxygens (including phenoxy) is 2. The van der Waals surface area contributed by atoms with Gasteiger partial charge in [-0.15, -0.1) is 0 Å². The molecule has 0 amide bonds. The zero-order valence-corrected chi connectivity index (χ0v) is 14.9. The van der Waals surface area contributed by atoms with Gasteiger partial charge in [0.1, 0.15) is 0 Å². The minimum absolute atomic E-state index is 0.480. The lowest BCUT2D eigenvalue weighted by molar-refractivity contribution is 0.162. The molecule has 4 heteroatoms. The molecule has 4 nitrogen and oxygen atoms in total. The third-order valence-corrected chi connectivity index (χ3v) is 4.55. The molecule has 2 rings (SSSR count). The number of nitrogens with zero attached hydrogens (tertiary/aromatic N) is 1. The monoisotopic (exact) mass is 320 g/mol. The van der Waals surface area contributed by atoms with Gasteiger partial charge in [-0.3, -0.25) is 4.90 Å². The van der Waals surface area contributed by atoms with E-state index in [0.29, 0.717) is 12.6 Å². The van der Waals surface area contributed by atoms with Crippen LogP contribution >= 0.6 is 0 Å². The number of nitrogens with one attached hydrogen (secondary N) is 1. The van der Waals surface area contributed by atoms with Crippen LogP contribution in [-0.4, -0.2) is 44.8 Å². The van der Waals surface area contributed by atoms with Gasteiger partial charge in [-0.05, 0) is 31.0 Å². The molecule has 23 heavy (non-hydrogen) atoms. The van der Waals surface area contributed by atoms with Crippen LogP contribution in [0.1, 0.15) is 51.1 Å². The number of hydrogen-bond acceptors (Lipinski definition) is 4. The normalized spacial score (nSPS) is 17.0. The van der Waals surface area contributed by atoms with Gasteiger partial charge in [-0.1, -0.05) is 32.3 Å². The van der Waals surface area contributed by atoms with E-state index in [4.69, 9.17) is 9.47 Å². The molecular formula is C19H32N2O2. The maximum atomic E-state index is 5.66. The zero-order valence-electron chi connectivity index (χ0n) is 14.9. The quantitative estimate of drug-likeness (QED) is 0.705. The molecule has 1 saturated heterocycles. The lowest BCUT2D eigenvalue weighted by Crippen LogP contribution is -2.45. The van der Waals surface area contributed by atoms with E-state index in [1.807, 2.05) is 6.92 Å². The first-order valence-corrected chi connectivity index (χ1v) is 9.05. The molecule has 0 unspecified atom stereocenters. The molecule has 0 saturated carbocycles. The number of benzene rings is 1. The Morgan fingerprint density at radius 1 is 1.13 bits per heavy atom. The summed E-state index contributed by atoms with van der Waals surface area (Å²) in [6.07, 6.45) is 5.06. The van der Waals surface area contributed by atoms with Gasteiger partial charge in [-0.2, -0.15) is 0 Å². The molecule has 1 heterocycles. The number of piperazine rings is 1. The highest BCUT2D eigenvalue weighted by Crippen LogP contribution is 2.34. The number of methoxy groups -OCH3 is 1. The Labute approximate surface area is 141 Å². The Hall–Kier alpha value is -1.26. The SMILES string of the molecule is CCCCC[C@@H](c1ccc(OCC)c(OC)c1)N1CCNCC1. The maximum Gasteiger partial charge on any atom is 0.161 e. The molecule has 1 N–H and O–H groups in total. The van der Waals surface area contributed by atoms with Crippen molar-refractivity contribution in [2.24, 2.45) is 0 Å². The highest BCUT2D eigenvalue weighted by molar-refractivity contribution is 5.44. The first-order chi connectivity index (χ1) is 11.3. The molecule has 1 fully saturated rings. The van der Waals surface area contributed by atoms with E-state index < -0.39 is 0 Å². The van der Waals surface area contributed by atoms with Crippen LogP contribution in [0, 0.1) is 0 Å². The van der Waals surface area contributed by atoms with Gasteiger partial charge in [0.05, 0.1) is 13.7 Å². The molecule has 1 aromatic rings. The van der Waals surface area contributed by atoms with Crippen LogP contribution in [0.25, 0.3) is 0 Å². The minimum Gasteiger partial charge on any atom is -0.493 e. The van der Waals surface area contributed by atoms with E-state index in [1.54, 1.807) is 7.11 Å². The molecule has 0 bridgehead atoms. The molecule has 1 aliphatic heterocycles. The predicted octanol–water partition coefficient (Wildman–Crippen LogP) is 3.62. The number of hydrogen-bond donors (Lipinski definition) is 1. The topological polar surface area (TPSA) is 33.7 Å². The predicted molar refractivity (Wildman–Crippen MR) is 95.5 cm³/mol. The smallest absolute Gasteiger partial charge is 0.161 e. The van der Waals surface area contributed by atoms with Gasteiger partial charge in [-0.25, -0.2) is 0 Å². The van der Waals surface area contributed by atoms with Crippen molar-refractivity contribution in [1.82, 2.24) is 10.2 Å². The summed E-state index contributed by atoms with van der Waals surface area (Å²) in [5.41, 5.74) is 1.35. The molecule has 1 aliphatic rings. The van der Waals surface area contributed by atoms with Crippen LogP contribution in [0.5, 0.6) is 11.5 Å². The molecule has 0 radical (unpaired) electrons. The van der Waals surface area contributed by atoms with Crippen LogP contribution in [0.15, 0.2) is 18.2 Å². The van der Waals surface area contributed by atoms with Crippen molar-refractivity contribution in [3.05, 3.63) is 23.8 Å². The Morgan fingerprint density at radius 2 is 1.91 bits per heavy atom. The summed E-state index contributed by atoms with van der Waals surface area (Å²) in [6, 6.07) is 6.93. The van der Waals surface area contributed by atoms with Crippen molar-refractivity contribution in [1.29, 1.82) is 0 Å². The molecule has 1 aromatic carbocycles. The van der Waals surface area contributed by atoms with Crippen LogP contribution in [-0.2, 0) is 0 Å². The van der Waals surface area contributed by atoms with Crippen LogP contribution in [0.2, 0.25) is 0 Å². The summed E-state index contributed by atoms with van der Waals surface area (Å²) >= 11 is 0. The first-order valence-electron chi connectivity index (χ1n) is 9.05. The lowest BCUT2D eigenvalue weighted by Gasteiger charge is -2.35. The second-order valence-electron chi connectivity index (χ2n) is 6.14. The van der Waals surface area contributed by atoms with Crippen molar-refractivity contribution in [3.8, 4) is 11.5 Å². The van der Waals surface area contributed by atoms with E-state index in [0.717, 1.165) is 37.7 Å². The van der Waals surface area contributed by atoms with E-state index in [2.05, 4.69) is 35.3 Å². The highest BCUT2D eigenvalue weighted by Gasteiger charge is 2.22. The molecule has 1 atom stereocenters. The van der Waals surface area contributed by atoms with Crippen LogP contribution < -0.4 is 14.8 Å². The van der Waals surface area contributed by atoms with Gasteiger partial charge in [0.15, 0.2) is 11.5 Å². The first kappa shape index (κ1) is 18.1. The van der Waals surface area contributed by atoms with E-state index in [9.17, 15) is 0 Å². The molecule has 130 valence electrons. The summed E-state index contributed by atoms with van der Waals surface area (Å²) in [6.45, 7) is 9.32. The van der Waals surface area contributed by atoms with Crippen molar-refractivity contribution < 1.29 is 9.47 Å². The average molecular weight is 320 g/mol. The third kappa shape index (κ3) is 5.11. The fourth-order valence-corrected chi connectivity index (χ4v) is 3.31. The molecule has 0 aliphatic carbocycles. The lowest BCUT2D eigenvalue weighted by atomic mass is 9.97. The largest absolute Gasteiger partial charge is 0.493 e. The fraction of sp³-hybridized carbons (Fsp3) is 0.684. The second kappa shape index (κ2) is 9.78. The Morgan fingerprint density at radius 3 is 2.57 bits per heavy atom. The van der Waals surface area contributed by atoms with Crippen molar-refractivity contribution in [2.75, 3.05) is 39.9 Å². The fourth-order valence-electron chi connectivity index (χ4n) is 3.31. The summed E-state index contributed by atoms with van der Waals surface area (Å²) in [4.78, 5) is 2.61. The van der Waals surface area contributed by atoms with Crippen LogP contribution in [0.4, 0.5) is 0 Å². The van der Waals surface area contributed by atoms with Crippen molar-refractivity contribution >= 4 is 0 Å².